The van der Waals surface area contributed by atoms with Gasteiger partial charge in [-0.05, 0) is 15.9 Å². The molecule has 0 spiro atoms. The highest BCUT2D eigenvalue weighted by Crippen LogP contribution is 2.32. The summed E-state index contributed by atoms with van der Waals surface area (Å²) in [5.74, 6) is -0.250. The van der Waals surface area contributed by atoms with E-state index in [0.29, 0.717) is 9.99 Å². The van der Waals surface area contributed by atoms with Crippen molar-refractivity contribution in [3.8, 4) is 11.3 Å². The number of halogens is 2. The molecule has 2 aromatic heterocycles. The third kappa shape index (κ3) is 1.87. The van der Waals surface area contributed by atoms with Crippen LogP contribution in [0.2, 0.25) is 0 Å². The highest BCUT2D eigenvalue weighted by Gasteiger charge is 2.15. The maximum Gasteiger partial charge on any atom is 0.147 e. The Morgan fingerprint density at radius 1 is 0.905 bits per heavy atom. The summed E-state index contributed by atoms with van der Waals surface area (Å²) in [4.78, 5) is 4.57. The van der Waals surface area contributed by atoms with E-state index in [-0.39, 0.29) is 5.82 Å². The number of hydrogen-bond acceptors (Lipinski definition) is 1. The van der Waals surface area contributed by atoms with Crippen molar-refractivity contribution in [3.05, 3.63) is 71.2 Å². The fraction of sp³-hybridized carbons (Fsp3) is 0. The molecule has 0 unspecified atom stereocenters. The number of benzene rings is 2. The molecule has 2 aromatic carbocycles. The third-order valence-corrected chi connectivity index (χ3v) is 4.14. The molecule has 0 bridgehead atoms. The van der Waals surface area contributed by atoms with Crippen molar-refractivity contribution in [3.63, 3.8) is 0 Å². The molecule has 0 N–H and O–H groups in total. The molecule has 0 radical (unpaired) electrons. The molecule has 4 rings (SSSR count). The Bertz CT molecular complexity index is 961. The Morgan fingerprint density at radius 2 is 1.57 bits per heavy atom. The van der Waals surface area contributed by atoms with Gasteiger partial charge in [-0.2, -0.15) is 0 Å². The summed E-state index contributed by atoms with van der Waals surface area (Å²) in [6, 6.07) is 17.2. The highest BCUT2D eigenvalue weighted by molar-refractivity contribution is 9.10. The summed E-state index contributed by atoms with van der Waals surface area (Å²) in [6.45, 7) is 0. The van der Waals surface area contributed by atoms with Crippen LogP contribution in [0.3, 0.4) is 0 Å². The van der Waals surface area contributed by atoms with Crippen molar-refractivity contribution in [1.29, 1.82) is 0 Å². The number of aromatic nitrogens is 2. The summed E-state index contributed by atoms with van der Waals surface area (Å²) in [7, 11) is 0. The zero-order valence-electron chi connectivity index (χ0n) is 10.9. The van der Waals surface area contributed by atoms with E-state index in [0.717, 1.165) is 22.3 Å². The molecule has 0 aliphatic rings. The fourth-order valence-corrected chi connectivity index (χ4v) is 3.23. The van der Waals surface area contributed by atoms with E-state index < -0.39 is 0 Å². The molecule has 0 fully saturated rings. The number of fused-ring (bicyclic) bond motifs is 3. The van der Waals surface area contributed by atoms with Gasteiger partial charge in [-0.25, -0.2) is 9.37 Å². The van der Waals surface area contributed by atoms with Gasteiger partial charge >= 0.3 is 0 Å². The van der Waals surface area contributed by atoms with E-state index in [1.54, 1.807) is 10.5 Å². The molecule has 0 aliphatic heterocycles. The number of nitrogens with zero attached hydrogens (tertiary/aromatic N) is 2. The lowest BCUT2D eigenvalue weighted by atomic mass is 10.1. The maximum atomic E-state index is 14.4. The van der Waals surface area contributed by atoms with E-state index in [1.807, 2.05) is 48.5 Å². The largest absolute Gasteiger partial charge is 0.295 e. The Morgan fingerprint density at radius 3 is 2.33 bits per heavy atom. The molecule has 0 atom stereocenters. The first-order chi connectivity index (χ1) is 10.3. The van der Waals surface area contributed by atoms with Gasteiger partial charge in [0.1, 0.15) is 16.1 Å². The van der Waals surface area contributed by atoms with Crippen molar-refractivity contribution in [1.82, 2.24) is 9.38 Å². The third-order valence-electron chi connectivity index (χ3n) is 3.58. The lowest BCUT2D eigenvalue weighted by Crippen LogP contribution is -1.92. The first kappa shape index (κ1) is 12.5. The standard InChI is InChI=1S/C17H10BrFN2/c18-16-15(11-6-2-1-3-7-11)21-10-14(19)12-8-4-5-9-13(12)17(21)20-16/h1-10H. The minimum Gasteiger partial charge on any atom is -0.295 e. The van der Waals surface area contributed by atoms with Gasteiger partial charge in [0.2, 0.25) is 0 Å². The van der Waals surface area contributed by atoms with Crippen LogP contribution < -0.4 is 0 Å². The van der Waals surface area contributed by atoms with Gasteiger partial charge in [-0.3, -0.25) is 4.40 Å². The van der Waals surface area contributed by atoms with Crippen LogP contribution in [0.25, 0.3) is 27.7 Å². The number of pyridine rings is 1. The predicted octanol–water partition coefficient (Wildman–Crippen LogP) is 5.06. The van der Waals surface area contributed by atoms with Crippen LogP contribution in [0.1, 0.15) is 0 Å². The van der Waals surface area contributed by atoms with Crippen molar-refractivity contribution < 1.29 is 4.39 Å². The van der Waals surface area contributed by atoms with Gasteiger partial charge in [0.15, 0.2) is 0 Å². The van der Waals surface area contributed by atoms with Crippen LogP contribution in [0.4, 0.5) is 4.39 Å². The molecular weight excluding hydrogens is 331 g/mol. The fourth-order valence-electron chi connectivity index (χ4n) is 2.64. The molecular formula is C17H10BrFN2. The maximum absolute atomic E-state index is 14.4. The molecule has 4 heteroatoms. The summed E-state index contributed by atoms with van der Waals surface area (Å²) in [6.07, 6.45) is 1.50. The quantitative estimate of drug-likeness (QED) is 0.473. The molecule has 4 aromatic rings. The van der Waals surface area contributed by atoms with Crippen LogP contribution >= 0.6 is 15.9 Å². The first-order valence-corrected chi connectivity index (χ1v) is 7.35. The molecule has 2 nitrogen and oxygen atoms in total. The molecule has 21 heavy (non-hydrogen) atoms. The first-order valence-electron chi connectivity index (χ1n) is 6.56. The second kappa shape index (κ2) is 4.67. The second-order valence-electron chi connectivity index (χ2n) is 4.83. The van der Waals surface area contributed by atoms with Crippen LogP contribution in [0.15, 0.2) is 65.4 Å². The van der Waals surface area contributed by atoms with Crippen molar-refractivity contribution >= 4 is 32.3 Å². The number of imidazole rings is 1. The highest BCUT2D eigenvalue weighted by atomic mass is 79.9. The monoisotopic (exact) mass is 340 g/mol. The smallest absolute Gasteiger partial charge is 0.147 e. The Labute approximate surface area is 129 Å². The summed E-state index contributed by atoms with van der Waals surface area (Å²) < 4.78 is 16.9. The van der Waals surface area contributed by atoms with Gasteiger partial charge in [0, 0.05) is 22.5 Å². The molecule has 0 saturated carbocycles. The zero-order chi connectivity index (χ0) is 14.4. The molecule has 0 aliphatic carbocycles. The lowest BCUT2D eigenvalue weighted by Gasteiger charge is -2.06. The van der Waals surface area contributed by atoms with Crippen LogP contribution in [0.5, 0.6) is 0 Å². The summed E-state index contributed by atoms with van der Waals surface area (Å²) >= 11 is 3.50. The van der Waals surface area contributed by atoms with Gasteiger partial charge in [-0.1, -0.05) is 54.6 Å². The average molecular weight is 341 g/mol. The molecule has 0 saturated heterocycles. The van der Waals surface area contributed by atoms with E-state index in [1.165, 1.54) is 6.20 Å². The van der Waals surface area contributed by atoms with Gasteiger partial charge < -0.3 is 0 Å². The van der Waals surface area contributed by atoms with Crippen molar-refractivity contribution in [2.45, 2.75) is 0 Å². The predicted molar refractivity (Wildman–Crippen MR) is 85.8 cm³/mol. The summed E-state index contributed by atoms with van der Waals surface area (Å²) in [5, 5.41) is 1.39. The SMILES string of the molecule is Fc1cn2c(-c3ccccc3)c(Br)nc2c2ccccc12. The Balaban J connectivity index is 2.17. The van der Waals surface area contributed by atoms with E-state index in [9.17, 15) is 4.39 Å². The zero-order valence-corrected chi connectivity index (χ0v) is 12.5. The summed E-state index contributed by atoms with van der Waals surface area (Å²) in [5.41, 5.74) is 2.60. The van der Waals surface area contributed by atoms with E-state index >= 15 is 0 Å². The molecule has 2 heterocycles. The minimum absolute atomic E-state index is 0.250. The normalized spacial score (nSPS) is 11.3. The van der Waals surface area contributed by atoms with Gasteiger partial charge in [0.05, 0.1) is 5.69 Å². The van der Waals surface area contributed by atoms with E-state index in [4.69, 9.17) is 0 Å². The van der Waals surface area contributed by atoms with Gasteiger partial charge in [-0.15, -0.1) is 0 Å². The van der Waals surface area contributed by atoms with Crippen molar-refractivity contribution in [2.75, 3.05) is 0 Å². The van der Waals surface area contributed by atoms with Gasteiger partial charge in [0.25, 0.3) is 0 Å². The average Bonchev–Trinajstić information content (AvgIpc) is 2.85. The molecule has 0 amide bonds. The van der Waals surface area contributed by atoms with Crippen LogP contribution in [-0.2, 0) is 0 Å². The Hall–Kier alpha value is -2.20. The van der Waals surface area contributed by atoms with Crippen LogP contribution in [-0.4, -0.2) is 9.38 Å². The lowest BCUT2D eigenvalue weighted by molar-refractivity contribution is 0.632. The minimum atomic E-state index is -0.250. The van der Waals surface area contributed by atoms with Crippen LogP contribution in [0, 0.1) is 5.82 Å². The van der Waals surface area contributed by atoms with Crippen molar-refractivity contribution in [2.24, 2.45) is 0 Å². The number of rotatable bonds is 1. The number of hydrogen-bond donors (Lipinski definition) is 0. The Kier molecular flexibility index (Phi) is 2.79. The topological polar surface area (TPSA) is 17.3 Å². The molecule has 102 valence electrons. The second-order valence-corrected chi connectivity index (χ2v) is 5.58. The van der Waals surface area contributed by atoms with E-state index in [2.05, 4.69) is 20.9 Å².